The smallest absolute Gasteiger partial charge is 0.191 e. The summed E-state index contributed by atoms with van der Waals surface area (Å²) in [4.78, 5) is 9.23. The molecule has 0 spiro atoms. The van der Waals surface area contributed by atoms with Crippen molar-refractivity contribution in [3.05, 3.63) is 45.9 Å². The van der Waals surface area contributed by atoms with Crippen LogP contribution in [-0.4, -0.2) is 24.1 Å². The molecule has 0 aliphatic carbocycles. The predicted octanol–water partition coefficient (Wildman–Crippen LogP) is 3.98. The Morgan fingerprint density at radius 3 is 2.68 bits per heavy atom. The molecule has 2 rings (SSSR count). The number of hydrogen-bond acceptors (Lipinski definition) is 4. The number of benzene rings is 1. The van der Waals surface area contributed by atoms with Gasteiger partial charge in [-0.25, -0.2) is 9.98 Å². The molecule has 2 N–H and O–H groups in total. The van der Waals surface area contributed by atoms with Gasteiger partial charge in [0.15, 0.2) is 5.96 Å². The predicted molar refractivity (Wildman–Crippen MR) is 116 cm³/mol. The van der Waals surface area contributed by atoms with Crippen molar-refractivity contribution in [3.8, 4) is 5.75 Å². The van der Waals surface area contributed by atoms with Gasteiger partial charge in [0.1, 0.15) is 5.75 Å². The molecule has 1 aromatic heterocycles. The minimum Gasteiger partial charge on any atom is -0.494 e. The molecule has 0 unspecified atom stereocenters. The van der Waals surface area contributed by atoms with Crippen molar-refractivity contribution < 1.29 is 4.74 Å². The topological polar surface area (TPSA) is 58.5 Å². The van der Waals surface area contributed by atoms with Crippen LogP contribution in [0, 0.1) is 0 Å². The second-order valence-corrected chi connectivity index (χ2v) is 6.12. The summed E-state index contributed by atoms with van der Waals surface area (Å²) in [5.74, 6) is 1.68. The van der Waals surface area contributed by atoms with Crippen LogP contribution in [0.1, 0.15) is 37.0 Å². The summed E-state index contributed by atoms with van der Waals surface area (Å²) in [5.41, 5.74) is 2.13. The summed E-state index contributed by atoms with van der Waals surface area (Å²) in [7, 11) is 0. The van der Waals surface area contributed by atoms with E-state index in [2.05, 4.69) is 39.8 Å². The third-order valence-corrected chi connectivity index (χ3v) is 4.40. The number of para-hydroxylation sites is 1. The highest BCUT2D eigenvalue weighted by atomic mass is 127. The molecule has 5 nitrogen and oxygen atoms in total. The first-order chi connectivity index (χ1) is 11.8. The number of aryl methyl sites for hydroxylation is 1. The van der Waals surface area contributed by atoms with Crippen LogP contribution in [-0.2, 0) is 19.5 Å². The fourth-order valence-electron chi connectivity index (χ4n) is 2.20. The normalized spacial score (nSPS) is 10.9. The van der Waals surface area contributed by atoms with E-state index in [4.69, 9.17) is 4.74 Å². The average molecular weight is 474 g/mol. The van der Waals surface area contributed by atoms with Gasteiger partial charge in [-0.3, -0.25) is 0 Å². The zero-order chi connectivity index (χ0) is 17.2. The Morgan fingerprint density at radius 1 is 1.20 bits per heavy atom. The van der Waals surface area contributed by atoms with E-state index in [1.54, 1.807) is 11.3 Å². The summed E-state index contributed by atoms with van der Waals surface area (Å²) in [6, 6.07) is 8.02. The summed E-state index contributed by atoms with van der Waals surface area (Å²) >= 11 is 1.70. The first-order valence-corrected chi connectivity index (χ1v) is 9.30. The highest BCUT2D eigenvalue weighted by Gasteiger charge is 2.04. The molecule has 0 fully saturated rings. The fourth-order valence-corrected chi connectivity index (χ4v) is 2.95. The van der Waals surface area contributed by atoms with Crippen molar-refractivity contribution in [3.63, 3.8) is 0 Å². The lowest BCUT2D eigenvalue weighted by Crippen LogP contribution is -2.36. The average Bonchev–Trinajstić information content (AvgIpc) is 3.07. The number of aliphatic imine (C=N–C) groups is 1. The molecule has 0 bridgehead atoms. The molecule has 1 aromatic carbocycles. The zero-order valence-electron chi connectivity index (χ0n) is 15.0. The molecule has 1 heterocycles. The number of thiazole rings is 1. The van der Waals surface area contributed by atoms with Crippen LogP contribution >= 0.6 is 35.3 Å². The highest BCUT2D eigenvalue weighted by molar-refractivity contribution is 14.0. The molecule has 0 atom stereocenters. The Balaban J connectivity index is 0.00000312. The molecule has 25 heavy (non-hydrogen) atoms. The largest absolute Gasteiger partial charge is 0.494 e. The SMILES string of the molecule is CCNC(=NCc1ccccc1OCC)NCc1csc(CC)n1.I. The van der Waals surface area contributed by atoms with Crippen LogP contribution in [0.5, 0.6) is 5.75 Å². The van der Waals surface area contributed by atoms with Gasteiger partial charge in [-0.05, 0) is 26.3 Å². The first-order valence-electron chi connectivity index (χ1n) is 8.42. The number of rotatable bonds is 8. The quantitative estimate of drug-likeness (QED) is 0.345. The van der Waals surface area contributed by atoms with E-state index in [0.29, 0.717) is 19.7 Å². The van der Waals surface area contributed by atoms with Crippen LogP contribution in [0.15, 0.2) is 34.6 Å². The third kappa shape index (κ3) is 7.19. The molecule has 0 amide bonds. The Bertz CT molecular complexity index is 660. The minimum absolute atomic E-state index is 0. The van der Waals surface area contributed by atoms with Crippen molar-refractivity contribution in [2.24, 2.45) is 4.99 Å². The Hall–Kier alpha value is -1.35. The summed E-state index contributed by atoms with van der Waals surface area (Å²) in [5, 5.41) is 9.87. The molecule has 0 aliphatic heterocycles. The summed E-state index contributed by atoms with van der Waals surface area (Å²) in [6.07, 6.45) is 0.979. The molecular formula is C18H27IN4OS. The van der Waals surface area contributed by atoms with Gasteiger partial charge in [0.2, 0.25) is 0 Å². The van der Waals surface area contributed by atoms with E-state index in [-0.39, 0.29) is 24.0 Å². The number of nitrogens with zero attached hydrogens (tertiary/aromatic N) is 2. The number of guanidine groups is 1. The fraction of sp³-hybridized carbons (Fsp3) is 0.444. The van der Waals surface area contributed by atoms with Gasteiger partial charge in [-0.2, -0.15) is 0 Å². The van der Waals surface area contributed by atoms with E-state index >= 15 is 0 Å². The maximum absolute atomic E-state index is 5.65. The van der Waals surface area contributed by atoms with E-state index in [0.717, 1.165) is 35.9 Å². The Labute approximate surface area is 171 Å². The van der Waals surface area contributed by atoms with Gasteiger partial charge in [-0.15, -0.1) is 35.3 Å². The van der Waals surface area contributed by atoms with Crippen LogP contribution in [0.3, 0.4) is 0 Å². The van der Waals surface area contributed by atoms with Gasteiger partial charge in [0.25, 0.3) is 0 Å². The number of ether oxygens (including phenoxy) is 1. The third-order valence-electron chi connectivity index (χ3n) is 3.36. The van der Waals surface area contributed by atoms with Crippen molar-refractivity contribution >= 4 is 41.3 Å². The van der Waals surface area contributed by atoms with E-state index in [1.807, 2.05) is 31.2 Å². The second kappa shape index (κ2) is 12.1. The van der Waals surface area contributed by atoms with E-state index < -0.39 is 0 Å². The Morgan fingerprint density at radius 2 is 2.00 bits per heavy atom. The van der Waals surface area contributed by atoms with Crippen LogP contribution in [0.25, 0.3) is 0 Å². The molecular weight excluding hydrogens is 447 g/mol. The maximum Gasteiger partial charge on any atom is 0.191 e. The highest BCUT2D eigenvalue weighted by Crippen LogP contribution is 2.18. The molecule has 0 saturated heterocycles. The lowest BCUT2D eigenvalue weighted by Gasteiger charge is -2.12. The van der Waals surface area contributed by atoms with E-state index in [9.17, 15) is 0 Å². The van der Waals surface area contributed by atoms with Gasteiger partial charge in [-0.1, -0.05) is 25.1 Å². The van der Waals surface area contributed by atoms with Gasteiger partial charge >= 0.3 is 0 Å². The molecule has 0 aliphatic rings. The second-order valence-electron chi connectivity index (χ2n) is 5.18. The summed E-state index contributed by atoms with van der Waals surface area (Å²) in [6.45, 7) is 8.89. The number of nitrogens with one attached hydrogen (secondary N) is 2. The van der Waals surface area contributed by atoms with Crippen molar-refractivity contribution in [1.29, 1.82) is 0 Å². The standard InChI is InChI=1S/C18H26N4OS.HI/c1-4-17-22-15(13-24-17)12-21-18(19-5-2)20-11-14-9-7-8-10-16(14)23-6-3;/h7-10,13H,4-6,11-12H2,1-3H3,(H2,19,20,21);1H. The minimum atomic E-state index is 0. The summed E-state index contributed by atoms with van der Waals surface area (Å²) < 4.78 is 5.65. The molecule has 0 saturated carbocycles. The lowest BCUT2D eigenvalue weighted by molar-refractivity contribution is 0.336. The van der Waals surface area contributed by atoms with E-state index in [1.165, 1.54) is 5.01 Å². The van der Waals surface area contributed by atoms with Gasteiger partial charge in [0, 0.05) is 17.5 Å². The molecule has 0 radical (unpaired) electrons. The zero-order valence-corrected chi connectivity index (χ0v) is 18.2. The first kappa shape index (κ1) is 21.7. The number of halogens is 1. The van der Waals surface area contributed by atoms with Gasteiger partial charge < -0.3 is 15.4 Å². The van der Waals surface area contributed by atoms with Crippen LogP contribution in [0.4, 0.5) is 0 Å². The van der Waals surface area contributed by atoms with Gasteiger partial charge in [0.05, 0.1) is 30.4 Å². The molecule has 2 aromatic rings. The number of aromatic nitrogens is 1. The Kier molecular flexibility index (Phi) is 10.5. The van der Waals surface area contributed by atoms with Crippen LogP contribution < -0.4 is 15.4 Å². The van der Waals surface area contributed by atoms with Crippen molar-refractivity contribution in [1.82, 2.24) is 15.6 Å². The molecule has 7 heteroatoms. The monoisotopic (exact) mass is 474 g/mol. The maximum atomic E-state index is 5.65. The van der Waals surface area contributed by atoms with Crippen molar-refractivity contribution in [2.75, 3.05) is 13.2 Å². The lowest BCUT2D eigenvalue weighted by atomic mass is 10.2. The van der Waals surface area contributed by atoms with Crippen molar-refractivity contribution in [2.45, 2.75) is 40.3 Å². The van der Waals surface area contributed by atoms with Crippen LogP contribution in [0.2, 0.25) is 0 Å². The molecule has 138 valence electrons. The number of hydrogen-bond donors (Lipinski definition) is 2.